The fraction of sp³-hybridized carbons (Fsp3) is 1.00. The summed E-state index contributed by atoms with van der Waals surface area (Å²) >= 11 is 0. The van der Waals surface area contributed by atoms with Crippen molar-refractivity contribution in [3.05, 3.63) is 0 Å². The third-order valence-electron chi connectivity index (χ3n) is 2.27. The second-order valence-electron chi connectivity index (χ2n) is 2.98. The molecule has 1 rings (SSSR count). The van der Waals surface area contributed by atoms with Gasteiger partial charge in [0.25, 0.3) is 0 Å². The summed E-state index contributed by atoms with van der Waals surface area (Å²) in [6.45, 7) is 0.574. The number of hydrogen-bond donors (Lipinski definition) is 1. The molecule has 0 aliphatic carbocycles. The standard InChI is InChI=1S/C8H17NO3/c1-10-7-3-4-8(11-2,12-7)5-6-9/h7H,3-6,9H2,1-2H3. The zero-order chi connectivity index (χ0) is 9.03. The Morgan fingerprint density at radius 2 is 2.33 bits per heavy atom. The molecular weight excluding hydrogens is 158 g/mol. The van der Waals surface area contributed by atoms with Crippen LogP contribution in [0, 0.1) is 0 Å². The Morgan fingerprint density at radius 1 is 1.58 bits per heavy atom. The molecule has 0 amide bonds. The third kappa shape index (κ3) is 1.95. The van der Waals surface area contributed by atoms with Gasteiger partial charge < -0.3 is 19.9 Å². The smallest absolute Gasteiger partial charge is 0.172 e. The Kier molecular flexibility index (Phi) is 3.46. The van der Waals surface area contributed by atoms with Crippen molar-refractivity contribution < 1.29 is 14.2 Å². The van der Waals surface area contributed by atoms with E-state index in [1.165, 1.54) is 0 Å². The highest BCUT2D eigenvalue weighted by Gasteiger charge is 2.39. The molecule has 1 aliphatic rings. The average Bonchev–Trinajstić information content (AvgIpc) is 2.50. The molecule has 0 aromatic rings. The van der Waals surface area contributed by atoms with E-state index in [1.54, 1.807) is 14.2 Å². The van der Waals surface area contributed by atoms with Crippen molar-refractivity contribution in [2.75, 3.05) is 20.8 Å². The summed E-state index contributed by atoms with van der Waals surface area (Å²) < 4.78 is 15.9. The van der Waals surface area contributed by atoms with Gasteiger partial charge in [0.05, 0.1) is 0 Å². The first kappa shape index (κ1) is 9.92. The summed E-state index contributed by atoms with van der Waals surface area (Å²) in [5, 5.41) is 0. The van der Waals surface area contributed by atoms with Crippen molar-refractivity contribution >= 4 is 0 Å². The molecule has 1 saturated heterocycles. The fourth-order valence-electron chi connectivity index (χ4n) is 1.52. The first-order valence-electron chi connectivity index (χ1n) is 4.22. The van der Waals surface area contributed by atoms with Gasteiger partial charge in [0, 0.05) is 33.5 Å². The molecule has 0 saturated carbocycles. The lowest BCUT2D eigenvalue weighted by molar-refractivity contribution is -0.257. The number of methoxy groups -OCH3 is 2. The Bertz CT molecular complexity index is 142. The first-order valence-corrected chi connectivity index (χ1v) is 4.22. The van der Waals surface area contributed by atoms with Crippen molar-refractivity contribution in [2.45, 2.75) is 31.3 Å². The highest BCUT2D eigenvalue weighted by atomic mass is 16.8. The molecule has 0 spiro atoms. The summed E-state index contributed by atoms with van der Waals surface area (Å²) in [7, 11) is 3.28. The quantitative estimate of drug-likeness (QED) is 0.674. The van der Waals surface area contributed by atoms with Gasteiger partial charge in [-0.2, -0.15) is 0 Å². The summed E-state index contributed by atoms with van der Waals surface area (Å²) in [5.41, 5.74) is 5.46. The van der Waals surface area contributed by atoms with Crippen molar-refractivity contribution in [3.8, 4) is 0 Å². The fourth-order valence-corrected chi connectivity index (χ4v) is 1.52. The van der Waals surface area contributed by atoms with E-state index >= 15 is 0 Å². The molecule has 1 aliphatic heterocycles. The Labute approximate surface area is 73.0 Å². The third-order valence-corrected chi connectivity index (χ3v) is 2.27. The van der Waals surface area contributed by atoms with Crippen LogP contribution < -0.4 is 5.73 Å². The molecule has 2 N–H and O–H groups in total. The Morgan fingerprint density at radius 3 is 2.75 bits per heavy atom. The van der Waals surface area contributed by atoms with Crippen LogP contribution in [-0.4, -0.2) is 32.8 Å². The van der Waals surface area contributed by atoms with Crippen LogP contribution in [0.1, 0.15) is 19.3 Å². The van der Waals surface area contributed by atoms with Crippen LogP contribution in [0.15, 0.2) is 0 Å². The lowest BCUT2D eigenvalue weighted by Crippen LogP contribution is -2.34. The molecule has 4 nitrogen and oxygen atoms in total. The second-order valence-corrected chi connectivity index (χ2v) is 2.98. The summed E-state index contributed by atoms with van der Waals surface area (Å²) in [6.07, 6.45) is 2.34. The highest BCUT2D eigenvalue weighted by molar-refractivity contribution is 4.77. The van der Waals surface area contributed by atoms with E-state index in [1.807, 2.05) is 0 Å². The molecule has 2 atom stereocenters. The van der Waals surface area contributed by atoms with Gasteiger partial charge in [0.15, 0.2) is 12.1 Å². The lowest BCUT2D eigenvalue weighted by atomic mass is 10.1. The van der Waals surface area contributed by atoms with E-state index < -0.39 is 5.79 Å². The molecule has 0 aromatic heterocycles. The lowest BCUT2D eigenvalue weighted by Gasteiger charge is -2.26. The van der Waals surface area contributed by atoms with Crippen LogP contribution in [0.5, 0.6) is 0 Å². The monoisotopic (exact) mass is 175 g/mol. The topological polar surface area (TPSA) is 53.7 Å². The van der Waals surface area contributed by atoms with Gasteiger partial charge >= 0.3 is 0 Å². The molecule has 2 unspecified atom stereocenters. The predicted octanol–water partition coefficient (Wildman–Crippen LogP) is 0.461. The van der Waals surface area contributed by atoms with E-state index in [2.05, 4.69) is 0 Å². The van der Waals surface area contributed by atoms with E-state index in [-0.39, 0.29) is 6.29 Å². The molecule has 0 aromatic carbocycles. The van der Waals surface area contributed by atoms with Crippen molar-refractivity contribution in [1.29, 1.82) is 0 Å². The van der Waals surface area contributed by atoms with E-state index in [9.17, 15) is 0 Å². The minimum Gasteiger partial charge on any atom is -0.356 e. The molecule has 1 fully saturated rings. The minimum absolute atomic E-state index is 0.128. The number of ether oxygens (including phenoxy) is 3. The zero-order valence-corrected chi connectivity index (χ0v) is 7.71. The van der Waals surface area contributed by atoms with Crippen molar-refractivity contribution in [1.82, 2.24) is 0 Å². The largest absolute Gasteiger partial charge is 0.356 e. The molecule has 4 heteroatoms. The highest BCUT2D eigenvalue weighted by Crippen LogP contribution is 2.33. The zero-order valence-electron chi connectivity index (χ0n) is 7.71. The van der Waals surface area contributed by atoms with Crippen LogP contribution in [0.25, 0.3) is 0 Å². The molecule has 0 bridgehead atoms. The van der Waals surface area contributed by atoms with Gasteiger partial charge in [-0.3, -0.25) is 0 Å². The van der Waals surface area contributed by atoms with E-state index in [0.29, 0.717) is 6.54 Å². The van der Waals surface area contributed by atoms with E-state index in [0.717, 1.165) is 19.3 Å². The SMILES string of the molecule is COC1CCC(CCN)(OC)O1. The van der Waals surface area contributed by atoms with Crippen LogP contribution in [0.2, 0.25) is 0 Å². The maximum atomic E-state index is 5.56. The number of nitrogens with two attached hydrogens (primary N) is 1. The van der Waals surface area contributed by atoms with Gasteiger partial charge in [0.1, 0.15) is 0 Å². The van der Waals surface area contributed by atoms with Crippen molar-refractivity contribution in [3.63, 3.8) is 0 Å². The van der Waals surface area contributed by atoms with Gasteiger partial charge in [-0.1, -0.05) is 0 Å². The molecule has 12 heavy (non-hydrogen) atoms. The van der Waals surface area contributed by atoms with Crippen LogP contribution in [0.4, 0.5) is 0 Å². The van der Waals surface area contributed by atoms with E-state index in [4.69, 9.17) is 19.9 Å². The summed E-state index contributed by atoms with van der Waals surface area (Å²) in [4.78, 5) is 0. The molecule has 0 radical (unpaired) electrons. The van der Waals surface area contributed by atoms with Gasteiger partial charge in [-0.25, -0.2) is 0 Å². The summed E-state index contributed by atoms with van der Waals surface area (Å²) in [6, 6.07) is 0. The number of rotatable bonds is 4. The Hall–Kier alpha value is -0.160. The second kappa shape index (κ2) is 4.18. The minimum atomic E-state index is -0.491. The summed E-state index contributed by atoms with van der Waals surface area (Å²) in [5.74, 6) is -0.491. The van der Waals surface area contributed by atoms with Crippen LogP contribution >= 0.6 is 0 Å². The maximum Gasteiger partial charge on any atom is 0.172 e. The molecular formula is C8H17NO3. The molecule has 1 heterocycles. The van der Waals surface area contributed by atoms with Crippen molar-refractivity contribution in [2.24, 2.45) is 5.73 Å². The molecule has 72 valence electrons. The van der Waals surface area contributed by atoms with Crippen LogP contribution in [0.3, 0.4) is 0 Å². The van der Waals surface area contributed by atoms with Gasteiger partial charge in [-0.05, 0) is 6.54 Å². The van der Waals surface area contributed by atoms with Gasteiger partial charge in [0.2, 0.25) is 0 Å². The maximum absolute atomic E-state index is 5.56. The average molecular weight is 175 g/mol. The predicted molar refractivity (Wildman–Crippen MR) is 44.5 cm³/mol. The number of hydrogen-bond acceptors (Lipinski definition) is 4. The first-order chi connectivity index (χ1) is 5.76. The van der Waals surface area contributed by atoms with Crippen LogP contribution in [-0.2, 0) is 14.2 Å². The Balaban J connectivity index is 2.47. The van der Waals surface area contributed by atoms with Gasteiger partial charge in [-0.15, -0.1) is 0 Å². The normalized spacial score (nSPS) is 35.8.